The van der Waals surface area contributed by atoms with Crippen LogP contribution in [0, 0.1) is 10.1 Å². The van der Waals surface area contributed by atoms with Crippen molar-refractivity contribution in [3.8, 4) is 0 Å². The van der Waals surface area contributed by atoms with E-state index in [1.54, 1.807) is 18.2 Å². The van der Waals surface area contributed by atoms with E-state index < -0.39 is 4.92 Å². The van der Waals surface area contributed by atoms with Gasteiger partial charge in [0.2, 0.25) is 0 Å². The van der Waals surface area contributed by atoms with E-state index in [2.05, 4.69) is 10.3 Å². The number of anilines is 1. The minimum Gasteiger partial charge on any atom is -0.361 e. The molecule has 0 aliphatic carbocycles. The maximum atomic E-state index is 12.6. The zero-order chi connectivity index (χ0) is 19.5. The molecule has 6 heteroatoms. The van der Waals surface area contributed by atoms with Crippen LogP contribution in [0.4, 0.5) is 11.4 Å². The van der Waals surface area contributed by atoms with Crippen LogP contribution in [0.2, 0.25) is 0 Å². The molecule has 0 radical (unpaired) electrons. The minimum atomic E-state index is -0.417. The summed E-state index contributed by atoms with van der Waals surface area (Å²) in [5.41, 5.74) is 4.29. The van der Waals surface area contributed by atoms with Gasteiger partial charge in [-0.05, 0) is 53.9 Å². The lowest BCUT2D eigenvalue weighted by Crippen LogP contribution is -2.12. The first-order chi connectivity index (χ1) is 13.6. The molecule has 3 aromatic carbocycles. The standard InChI is InChI=1S/C22H17N3O3/c26-22(24-19-6-9-21-17(14-19)10-11-23-21)18-3-1-2-16(13-18)12-15-4-7-20(8-5-15)25(27)28/h1-11,13-14,23H,12H2,(H,24,26). The first-order valence-electron chi connectivity index (χ1n) is 8.79. The fourth-order valence-corrected chi connectivity index (χ4v) is 3.13. The van der Waals surface area contributed by atoms with Gasteiger partial charge in [-0.1, -0.05) is 24.3 Å². The van der Waals surface area contributed by atoms with Crippen LogP contribution in [0.25, 0.3) is 10.9 Å². The number of aromatic amines is 1. The molecule has 138 valence electrons. The van der Waals surface area contributed by atoms with Gasteiger partial charge in [-0.3, -0.25) is 14.9 Å². The largest absolute Gasteiger partial charge is 0.361 e. The lowest BCUT2D eigenvalue weighted by atomic mass is 10.0. The molecule has 1 aromatic heterocycles. The Hall–Kier alpha value is -3.93. The highest BCUT2D eigenvalue weighted by atomic mass is 16.6. The molecular weight excluding hydrogens is 354 g/mol. The summed E-state index contributed by atoms with van der Waals surface area (Å²) >= 11 is 0. The fraction of sp³-hybridized carbons (Fsp3) is 0.0455. The van der Waals surface area contributed by atoms with Crippen LogP contribution < -0.4 is 5.32 Å². The molecule has 0 bridgehead atoms. The molecule has 4 rings (SSSR count). The van der Waals surface area contributed by atoms with Crippen LogP contribution in [0.1, 0.15) is 21.5 Å². The van der Waals surface area contributed by atoms with E-state index in [0.29, 0.717) is 12.0 Å². The number of benzene rings is 3. The average Bonchev–Trinajstić information content (AvgIpc) is 3.16. The Morgan fingerprint density at radius 3 is 2.57 bits per heavy atom. The molecule has 1 heterocycles. The average molecular weight is 371 g/mol. The van der Waals surface area contributed by atoms with Gasteiger partial charge in [-0.15, -0.1) is 0 Å². The van der Waals surface area contributed by atoms with E-state index in [1.165, 1.54) is 12.1 Å². The van der Waals surface area contributed by atoms with Gasteiger partial charge < -0.3 is 10.3 Å². The zero-order valence-electron chi connectivity index (χ0n) is 14.9. The maximum Gasteiger partial charge on any atom is 0.269 e. The molecule has 0 fully saturated rings. The van der Waals surface area contributed by atoms with Crippen molar-refractivity contribution < 1.29 is 9.72 Å². The molecule has 0 aliphatic rings. The lowest BCUT2D eigenvalue weighted by molar-refractivity contribution is -0.384. The number of nitrogens with zero attached hydrogens (tertiary/aromatic N) is 1. The third kappa shape index (κ3) is 3.76. The molecule has 0 unspecified atom stereocenters. The molecule has 2 N–H and O–H groups in total. The number of rotatable bonds is 5. The topological polar surface area (TPSA) is 88.0 Å². The number of hydrogen-bond acceptors (Lipinski definition) is 3. The molecule has 0 saturated heterocycles. The van der Waals surface area contributed by atoms with Crippen molar-refractivity contribution in [3.63, 3.8) is 0 Å². The Bertz CT molecular complexity index is 1160. The zero-order valence-corrected chi connectivity index (χ0v) is 14.9. The van der Waals surface area contributed by atoms with Crippen LogP contribution in [0.5, 0.6) is 0 Å². The Kier molecular flexibility index (Phi) is 4.60. The van der Waals surface area contributed by atoms with Gasteiger partial charge in [0.15, 0.2) is 0 Å². The molecular formula is C22H17N3O3. The number of fused-ring (bicyclic) bond motifs is 1. The highest BCUT2D eigenvalue weighted by Crippen LogP contribution is 2.20. The van der Waals surface area contributed by atoms with Gasteiger partial charge in [0.1, 0.15) is 0 Å². The van der Waals surface area contributed by atoms with Crippen LogP contribution in [0.3, 0.4) is 0 Å². The number of nitro benzene ring substituents is 1. The Morgan fingerprint density at radius 1 is 0.964 bits per heavy atom. The summed E-state index contributed by atoms with van der Waals surface area (Å²) < 4.78 is 0. The van der Waals surface area contributed by atoms with Gasteiger partial charge in [0.25, 0.3) is 11.6 Å². The highest BCUT2D eigenvalue weighted by Gasteiger charge is 2.09. The summed E-state index contributed by atoms with van der Waals surface area (Å²) in [6.45, 7) is 0. The molecule has 0 atom stereocenters. The van der Waals surface area contributed by atoms with Crippen molar-refractivity contribution in [3.05, 3.63) is 106 Å². The molecule has 0 spiro atoms. The third-order valence-electron chi connectivity index (χ3n) is 4.56. The number of aromatic nitrogens is 1. The Balaban J connectivity index is 1.49. The van der Waals surface area contributed by atoms with Crippen LogP contribution in [0.15, 0.2) is 79.0 Å². The summed E-state index contributed by atoms with van der Waals surface area (Å²) in [7, 11) is 0. The van der Waals surface area contributed by atoms with Crippen LogP contribution in [-0.4, -0.2) is 15.8 Å². The van der Waals surface area contributed by atoms with Gasteiger partial charge in [0.05, 0.1) is 4.92 Å². The minimum absolute atomic E-state index is 0.0660. The smallest absolute Gasteiger partial charge is 0.269 e. The van der Waals surface area contributed by atoms with Gasteiger partial charge in [-0.2, -0.15) is 0 Å². The summed E-state index contributed by atoms with van der Waals surface area (Å²) in [4.78, 5) is 26.1. The van der Waals surface area contributed by atoms with E-state index in [0.717, 1.165) is 27.7 Å². The van der Waals surface area contributed by atoms with Crippen LogP contribution in [-0.2, 0) is 6.42 Å². The number of nitro groups is 1. The summed E-state index contributed by atoms with van der Waals surface area (Å²) in [5, 5.41) is 14.7. The number of carbonyl (C=O) groups is 1. The third-order valence-corrected chi connectivity index (χ3v) is 4.56. The highest BCUT2D eigenvalue weighted by molar-refractivity contribution is 6.05. The van der Waals surface area contributed by atoms with E-state index >= 15 is 0 Å². The van der Waals surface area contributed by atoms with Crippen molar-refractivity contribution in [2.45, 2.75) is 6.42 Å². The molecule has 1 amide bonds. The maximum absolute atomic E-state index is 12.6. The van der Waals surface area contributed by atoms with Crippen molar-refractivity contribution in [1.29, 1.82) is 0 Å². The first kappa shape index (κ1) is 17.5. The van der Waals surface area contributed by atoms with Crippen molar-refractivity contribution >= 4 is 28.2 Å². The van der Waals surface area contributed by atoms with E-state index in [-0.39, 0.29) is 11.6 Å². The second kappa shape index (κ2) is 7.36. The second-order valence-corrected chi connectivity index (χ2v) is 6.53. The predicted molar refractivity (Wildman–Crippen MR) is 109 cm³/mol. The molecule has 28 heavy (non-hydrogen) atoms. The number of carbonyl (C=O) groups excluding carboxylic acids is 1. The van der Waals surface area contributed by atoms with Gasteiger partial charge >= 0.3 is 0 Å². The molecule has 4 aromatic rings. The predicted octanol–water partition coefficient (Wildman–Crippen LogP) is 4.92. The van der Waals surface area contributed by atoms with Crippen molar-refractivity contribution in [1.82, 2.24) is 4.98 Å². The van der Waals surface area contributed by atoms with Crippen molar-refractivity contribution in [2.24, 2.45) is 0 Å². The lowest BCUT2D eigenvalue weighted by Gasteiger charge is -2.08. The Labute approximate surface area is 161 Å². The molecule has 0 aliphatic heterocycles. The van der Waals surface area contributed by atoms with E-state index in [1.807, 2.05) is 48.7 Å². The molecule has 6 nitrogen and oxygen atoms in total. The number of amides is 1. The quantitative estimate of drug-likeness (QED) is 0.385. The van der Waals surface area contributed by atoms with Gasteiger partial charge in [-0.25, -0.2) is 0 Å². The Morgan fingerprint density at radius 2 is 1.79 bits per heavy atom. The fourth-order valence-electron chi connectivity index (χ4n) is 3.13. The van der Waals surface area contributed by atoms with Crippen molar-refractivity contribution in [2.75, 3.05) is 5.32 Å². The second-order valence-electron chi connectivity index (χ2n) is 6.53. The number of non-ortho nitro benzene ring substituents is 1. The van der Waals surface area contributed by atoms with E-state index in [9.17, 15) is 14.9 Å². The first-order valence-corrected chi connectivity index (χ1v) is 8.79. The number of H-pyrrole nitrogens is 1. The molecule has 0 saturated carbocycles. The monoisotopic (exact) mass is 371 g/mol. The summed E-state index contributed by atoms with van der Waals surface area (Å²) in [6.07, 6.45) is 2.45. The van der Waals surface area contributed by atoms with E-state index in [4.69, 9.17) is 0 Å². The normalized spacial score (nSPS) is 10.7. The number of nitrogens with one attached hydrogen (secondary N) is 2. The van der Waals surface area contributed by atoms with Gasteiger partial charge in [0, 0.05) is 40.5 Å². The SMILES string of the molecule is O=C(Nc1ccc2[nH]ccc2c1)c1cccc(Cc2ccc([N+](=O)[O-])cc2)c1. The van der Waals surface area contributed by atoms with Crippen LogP contribution >= 0.6 is 0 Å². The summed E-state index contributed by atoms with van der Waals surface area (Å²) in [6, 6.07) is 21.5. The summed E-state index contributed by atoms with van der Waals surface area (Å²) in [5.74, 6) is -0.180. The number of hydrogen-bond donors (Lipinski definition) is 2.